The smallest absolute Gasteiger partial charge is 0.119 e. The van der Waals surface area contributed by atoms with E-state index in [1.165, 1.54) is 12.8 Å². The molecule has 110 valence electrons. The quantitative estimate of drug-likeness (QED) is 0.898. The highest BCUT2D eigenvalue weighted by Gasteiger charge is 2.39. The monoisotopic (exact) mass is 277 g/mol. The van der Waals surface area contributed by atoms with E-state index in [-0.39, 0.29) is 11.6 Å². The molecule has 0 bridgehead atoms. The molecule has 1 aromatic rings. The summed E-state index contributed by atoms with van der Waals surface area (Å²) in [5, 5.41) is 0. The summed E-state index contributed by atoms with van der Waals surface area (Å²) in [5.41, 5.74) is 7.24. The molecule has 0 amide bonds. The van der Waals surface area contributed by atoms with Gasteiger partial charge in [0.25, 0.3) is 0 Å². The van der Waals surface area contributed by atoms with Crippen LogP contribution in [0.2, 0.25) is 0 Å². The molecule has 3 rings (SSSR count). The number of methoxy groups -OCH3 is 1. The van der Waals surface area contributed by atoms with Gasteiger partial charge in [-0.1, -0.05) is 12.1 Å². The summed E-state index contributed by atoms with van der Waals surface area (Å²) in [5.74, 6) is 0.932. The normalized spacial score (nSPS) is 23.3. The Hall–Kier alpha value is -1.10. The van der Waals surface area contributed by atoms with Crippen molar-refractivity contribution in [1.82, 2.24) is 0 Å². The van der Waals surface area contributed by atoms with Crippen molar-refractivity contribution in [2.24, 2.45) is 5.73 Å². The summed E-state index contributed by atoms with van der Waals surface area (Å²) in [6, 6.07) is 8.00. The lowest BCUT2D eigenvalue weighted by molar-refractivity contribution is -0.105. The molecule has 20 heavy (non-hydrogen) atoms. The first-order valence-electron chi connectivity index (χ1n) is 7.39. The molecule has 1 aliphatic carbocycles. The van der Waals surface area contributed by atoms with Crippen LogP contribution in [0.4, 0.5) is 0 Å². The van der Waals surface area contributed by atoms with Gasteiger partial charge in [0.05, 0.1) is 17.7 Å². The number of hydrogen-bond acceptors (Lipinski definition) is 4. The minimum atomic E-state index is -0.308. The number of rotatable bonds is 5. The van der Waals surface area contributed by atoms with Gasteiger partial charge in [0.1, 0.15) is 5.75 Å². The first-order chi connectivity index (χ1) is 9.73. The molecular formula is C16H23NO3. The van der Waals surface area contributed by atoms with Crippen molar-refractivity contribution >= 4 is 0 Å². The van der Waals surface area contributed by atoms with Crippen molar-refractivity contribution in [1.29, 1.82) is 0 Å². The third-order valence-electron chi connectivity index (χ3n) is 4.38. The van der Waals surface area contributed by atoms with E-state index in [9.17, 15) is 0 Å². The zero-order valence-corrected chi connectivity index (χ0v) is 12.0. The standard InChI is InChI=1S/C16H23NO3/c1-18-16(8-10-19-11-9-16)15(17)12-2-4-13(5-3-12)20-14-6-7-14/h2-5,14-15H,6-11,17H2,1H3. The summed E-state index contributed by atoms with van der Waals surface area (Å²) in [4.78, 5) is 0. The fourth-order valence-electron chi connectivity index (χ4n) is 2.79. The van der Waals surface area contributed by atoms with E-state index in [0.29, 0.717) is 19.3 Å². The topological polar surface area (TPSA) is 53.7 Å². The van der Waals surface area contributed by atoms with Crippen LogP contribution < -0.4 is 10.5 Å². The molecule has 1 heterocycles. The first-order valence-corrected chi connectivity index (χ1v) is 7.39. The van der Waals surface area contributed by atoms with Gasteiger partial charge in [-0.05, 0) is 30.5 Å². The fourth-order valence-corrected chi connectivity index (χ4v) is 2.79. The molecule has 1 saturated carbocycles. The van der Waals surface area contributed by atoms with Crippen LogP contribution in [-0.4, -0.2) is 32.0 Å². The maximum Gasteiger partial charge on any atom is 0.119 e. The van der Waals surface area contributed by atoms with Gasteiger partial charge in [0, 0.05) is 33.2 Å². The molecule has 1 atom stereocenters. The zero-order chi connectivity index (χ0) is 14.0. The van der Waals surface area contributed by atoms with Crippen LogP contribution in [0.1, 0.15) is 37.3 Å². The summed E-state index contributed by atoms with van der Waals surface area (Å²) in [6.07, 6.45) is 4.45. The van der Waals surface area contributed by atoms with Gasteiger partial charge in [0.15, 0.2) is 0 Å². The van der Waals surface area contributed by atoms with E-state index in [2.05, 4.69) is 12.1 Å². The molecule has 1 unspecified atom stereocenters. The Morgan fingerprint density at radius 2 is 1.85 bits per heavy atom. The summed E-state index contributed by atoms with van der Waals surface area (Å²) in [6.45, 7) is 1.43. The molecular weight excluding hydrogens is 254 g/mol. The minimum absolute atomic E-state index is 0.133. The van der Waals surface area contributed by atoms with E-state index in [4.69, 9.17) is 19.9 Å². The van der Waals surface area contributed by atoms with E-state index in [1.54, 1.807) is 7.11 Å². The molecule has 0 aromatic heterocycles. The molecule has 0 spiro atoms. The molecule has 2 N–H and O–H groups in total. The second-order valence-corrected chi connectivity index (χ2v) is 5.75. The molecule has 4 nitrogen and oxygen atoms in total. The molecule has 1 saturated heterocycles. The van der Waals surface area contributed by atoms with Crippen molar-refractivity contribution in [3.8, 4) is 5.75 Å². The van der Waals surface area contributed by atoms with Gasteiger partial charge in [-0.25, -0.2) is 0 Å². The predicted molar refractivity (Wildman–Crippen MR) is 76.8 cm³/mol. The van der Waals surface area contributed by atoms with Crippen molar-refractivity contribution in [3.05, 3.63) is 29.8 Å². The van der Waals surface area contributed by atoms with Crippen molar-refractivity contribution in [3.63, 3.8) is 0 Å². The maximum atomic E-state index is 6.46. The van der Waals surface area contributed by atoms with Crippen LogP contribution >= 0.6 is 0 Å². The highest BCUT2D eigenvalue weighted by atomic mass is 16.5. The Bertz CT molecular complexity index is 436. The number of benzene rings is 1. The molecule has 4 heteroatoms. The van der Waals surface area contributed by atoms with Crippen LogP contribution in [0.15, 0.2) is 24.3 Å². The molecule has 1 aromatic carbocycles. The summed E-state index contributed by atoms with van der Waals surface area (Å²) < 4.78 is 17.0. The largest absolute Gasteiger partial charge is 0.490 e. The average Bonchev–Trinajstić information content (AvgIpc) is 3.32. The van der Waals surface area contributed by atoms with Crippen LogP contribution in [0.5, 0.6) is 5.75 Å². The van der Waals surface area contributed by atoms with Crippen LogP contribution in [0, 0.1) is 0 Å². The Kier molecular flexibility index (Phi) is 3.96. The Morgan fingerprint density at radius 1 is 1.20 bits per heavy atom. The number of nitrogens with two attached hydrogens (primary N) is 1. The summed E-state index contributed by atoms with van der Waals surface area (Å²) in [7, 11) is 1.75. The third-order valence-corrected chi connectivity index (χ3v) is 4.38. The number of ether oxygens (including phenoxy) is 3. The van der Waals surface area contributed by atoms with Crippen LogP contribution in [-0.2, 0) is 9.47 Å². The van der Waals surface area contributed by atoms with Crippen molar-refractivity contribution < 1.29 is 14.2 Å². The van der Waals surface area contributed by atoms with E-state index >= 15 is 0 Å². The first kappa shape index (κ1) is 13.9. The van der Waals surface area contributed by atoms with E-state index in [0.717, 1.165) is 24.2 Å². The van der Waals surface area contributed by atoms with Gasteiger partial charge in [0.2, 0.25) is 0 Å². The van der Waals surface area contributed by atoms with Crippen molar-refractivity contribution in [2.45, 2.75) is 43.4 Å². The summed E-state index contributed by atoms with van der Waals surface area (Å²) >= 11 is 0. The van der Waals surface area contributed by atoms with Gasteiger partial charge >= 0.3 is 0 Å². The lowest BCUT2D eigenvalue weighted by atomic mass is 9.82. The van der Waals surface area contributed by atoms with Gasteiger partial charge in [-0.2, -0.15) is 0 Å². The Balaban J connectivity index is 1.72. The second kappa shape index (κ2) is 5.72. The third kappa shape index (κ3) is 2.82. The molecule has 0 radical (unpaired) electrons. The highest BCUT2D eigenvalue weighted by Crippen LogP contribution is 2.36. The van der Waals surface area contributed by atoms with Crippen LogP contribution in [0.3, 0.4) is 0 Å². The zero-order valence-electron chi connectivity index (χ0n) is 12.0. The Morgan fingerprint density at radius 3 is 2.40 bits per heavy atom. The van der Waals surface area contributed by atoms with Gasteiger partial charge < -0.3 is 19.9 Å². The van der Waals surface area contributed by atoms with Gasteiger partial charge in [-0.15, -0.1) is 0 Å². The second-order valence-electron chi connectivity index (χ2n) is 5.75. The Labute approximate surface area is 120 Å². The number of hydrogen-bond donors (Lipinski definition) is 1. The lowest BCUT2D eigenvalue weighted by Gasteiger charge is -2.40. The van der Waals surface area contributed by atoms with Gasteiger partial charge in [-0.3, -0.25) is 0 Å². The molecule has 2 aliphatic rings. The molecule has 2 fully saturated rings. The maximum absolute atomic E-state index is 6.46. The van der Waals surface area contributed by atoms with Crippen molar-refractivity contribution in [2.75, 3.05) is 20.3 Å². The molecule has 1 aliphatic heterocycles. The predicted octanol–water partition coefficient (Wildman–Crippen LogP) is 2.42. The van der Waals surface area contributed by atoms with Crippen LogP contribution in [0.25, 0.3) is 0 Å². The minimum Gasteiger partial charge on any atom is -0.490 e. The van der Waals surface area contributed by atoms with E-state index in [1.807, 2.05) is 12.1 Å². The SMILES string of the molecule is COC1(C(N)c2ccc(OC3CC3)cc2)CCOCC1. The van der Waals surface area contributed by atoms with E-state index < -0.39 is 0 Å². The fraction of sp³-hybridized carbons (Fsp3) is 0.625. The lowest BCUT2D eigenvalue weighted by Crippen LogP contribution is -2.47. The average molecular weight is 277 g/mol. The highest BCUT2D eigenvalue weighted by molar-refractivity contribution is 5.31.